The maximum absolute atomic E-state index is 8.29. The lowest BCUT2D eigenvalue weighted by molar-refractivity contribution is 0.438. The van der Waals surface area contributed by atoms with E-state index in [1.807, 2.05) is 20.2 Å². The Balaban J connectivity index is 3.60. The molecule has 3 nitrogen and oxygen atoms in total. The molecular formula is C6H11N3. The van der Waals surface area contributed by atoms with Crippen molar-refractivity contribution in [3.63, 3.8) is 0 Å². The molecule has 0 fully saturated rings. The second-order valence-electron chi connectivity index (χ2n) is 2.03. The Morgan fingerprint density at radius 2 is 2.22 bits per heavy atom. The lowest BCUT2D eigenvalue weighted by Gasteiger charge is -2.01. The minimum absolute atomic E-state index is 0.0904. The van der Waals surface area contributed by atoms with Crippen LogP contribution in [0.2, 0.25) is 0 Å². The lowest BCUT2D eigenvalue weighted by Crippen LogP contribution is -2.04. The van der Waals surface area contributed by atoms with Gasteiger partial charge in [-0.25, -0.2) is 0 Å². The van der Waals surface area contributed by atoms with E-state index in [1.54, 1.807) is 18.1 Å². The first kappa shape index (κ1) is 7.96. The third-order valence-corrected chi connectivity index (χ3v) is 0.725. The average molecular weight is 125 g/mol. The van der Waals surface area contributed by atoms with Crippen molar-refractivity contribution in [2.45, 2.75) is 6.92 Å². The van der Waals surface area contributed by atoms with Crippen LogP contribution in [-0.4, -0.2) is 25.3 Å². The average Bonchev–Trinajstić information content (AvgIpc) is 1.83. The van der Waals surface area contributed by atoms with Gasteiger partial charge in [-0.3, -0.25) is 0 Å². The van der Waals surface area contributed by atoms with Gasteiger partial charge in [0.15, 0.2) is 0 Å². The van der Waals surface area contributed by atoms with Crippen LogP contribution in [0, 0.1) is 17.2 Å². The van der Waals surface area contributed by atoms with Crippen molar-refractivity contribution in [2.24, 2.45) is 11.0 Å². The van der Waals surface area contributed by atoms with Crippen LogP contribution in [0.5, 0.6) is 0 Å². The Hall–Kier alpha value is -1.04. The molecule has 0 saturated heterocycles. The van der Waals surface area contributed by atoms with E-state index >= 15 is 0 Å². The highest BCUT2D eigenvalue weighted by Crippen LogP contribution is 1.85. The van der Waals surface area contributed by atoms with Crippen LogP contribution in [0.15, 0.2) is 5.10 Å². The van der Waals surface area contributed by atoms with Crippen LogP contribution in [-0.2, 0) is 0 Å². The summed E-state index contributed by atoms with van der Waals surface area (Å²) < 4.78 is 0. The maximum Gasteiger partial charge on any atom is 0.0805 e. The zero-order valence-electron chi connectivity index (χ0n) is 6.00. The van der Waals surface area contributed by atoms with Gasteiger partial charge >= 0.3 is 0 Å². The minimum Gasteiger partial charge on any atom is -0.303 e. The zero-order chi connectivity index (χ0) is 7.28. The fourth-order valence-corrected chi connectivity index (χ4v) is 0.267. The highest BCUT2D eigenvalue weighted by molar-refractivity contribution is 5.62. The molecule has 0 rings (SSSR count). The summed E-state index contributed by atoms with van der Waals surface area (Å²) in [4.78, 5) is 0. The lowest BCUT2D eigenvalue weighted by atomic mass is 10.2. The highest BCUT2D eigenvalue weighted by Gasteiger charge is 1.90. The Bertz CT molecular complexity index is 132. The van der Waals surface area contributed by atoms with E-state index in [1.165, 1.54) is 0 Å². The number of hydrogen-bond donors (Lipinski definition) is 0. The van der Waals surface area contributed by atoms with Crippen LogP contribution >= 0.6 is 0 Å². The van der Waals surface area contributed by atoms with Crippen LogP contribution in [0.25, 0.3) is 0 Å². The van der Waals surface area contributed by atoms with Crippen molar-refractivity contribution < 1.29 is 0 Å². The SMILES string of the molecule is CC(C#N)C=NN(C)C. The summed E-state index contributed by atoms with van der Waals surface area (Å²) in [5.74, 6) is -0.0904. The van der Waals surface area contributed by atoms with Gasteiger partial charge in [-0.05, 0) is 6.92 Å². The molecule has 0 aromatic rings. The topological polar surface area (TPSA) is 39.4 Å². The van der Waals surface area contributed by atoms with Gasteiger partial charge in [-0.15, -0.1) is 0 Å². The van der Waals surface area contributed by atoms with E-state index in [0.29, 0.717) is 0 Å². The van der Waals surface area contributed by atoms with E-state index in [-0.39, 0.29) is 5.92 Å². The Labute approximate surface area is 55.6 Å². The van der Waals surface area contributed by atoms with E-state index in [9.17, 15) is 0 Å². The van der Waals surface area contributed by atoms with Crippen molar-refractivity contribution in [1.82, 2.24) is 5.01 Å². The van der Waals surface area contributed by atoms with Crippen molar-refractivity contribution in [3.8, 4) is 6.07 Å². The van der Waals surface area contributed by atoms with Crippen molar-refractivity contribution in [1.29, 1.82) is 5.26 Å². The van der Waals surface area contributed by atoms with Crippen LogP contribution < -0.4 is 0 Å². The largest absolute Gasteiger partial charge is 0.303 e. The van der Waals surface area contributed by atoms with E-state index in [4.69, 9.17) is 5.26 Å². The Morgan fingerprint density at radius 1 is 1.67 bits per heavy atom. The molecular weight excluding hydrogens is 114 g/mol. The van der Waals surface area contributed by atoms with E-state index < -0.39 is 0 Å². The Kier molecular flexibility index (Phi) is 3.45. The summed E-state index contributed by atoms with van der Waals surface area (Å²) in [5, 5.41) is 13.8. The van der Waals surface area contributed by atoms with Crippen LogP contribution in [0.4, 0.5) is 0 Å². The second-order valence-corrected chi connectivity index (χ2v) is 2.03. The van der Waals surface area contributed by atoms with Gasteiger partial charge in [0, 0.05) is 20.3 Å². The van der Waals surface area contributed by atoms with E-state index in [2.05, 4.69) is 5.10 Å². The molecule has 0 N–H and O–H groups in total. The van der Waals surface area contributed by atoms with Crippen molar-refractivity contribution in [2.75, 3.05) is 14.1 Å². The molecule has 9 heavy (non-hydrogen) atoms. The molecule has 0 aliphatic rings. The molecule has 0 aromatic heterocycles. The number of hydrogen-bond acceptors (Lipinski definition) is 3. The summed E-state index contributed by atoms with van der Waals surface area (Å²) in [6.45, 7) is 1.80. The molecule has 3 heteroatoms. The molecule has 0 radical (unpaired) electrons. The summed E-state index contributed by atoms with van der Waals surface area (Å²) in [5.41, 5.74) is 0. The fraction of sp³-hybridized carbons (Fsp3) is 0.667. The number of hydrazone groups is 1. The van der Waals surface area contributed by atoms with E-state index in [0.717, 1.165) is 0 Å². The highest BCUT2D eigenvalue weighted by atomic mass is 15.4. The second kappa shape index (κ2) is 3.90. The molecule has 0 amide bonds. The van der Waals surface area contributed by atoms with Crippen molar-refractivity contribution >= 4 is 6.21 Å². The number of nitrogens with zero attached hydrogens (tertiary/aromatic N) is 3. The van der Waals surface area contributed by atoms with Crippen LogP contribution in [0.1, 0.15) is 6.92 Å². The Morgan fingerprint density at radius 3 is 2.56 bits per heavy atom. The summed E-state index contributed by atoms with van der Waals surface area (Å²) in [6, 6.07) is 2.04. The van der Waals surface area contributed by atoms with Gasteiger partial charge < -0.3 is 5.01 Å². The van der Waals surface area contributed by atoms with Gasteiger partial charge in [-0.1, -0.05) is 0 Å². The van der Waals surface area contributed by atoms with Gasteiger partial charge in [0.2, 0.25) is 0 Å². The molecule has 50 valence electrons. The minimum atomic E-state index is -0.0904. The number of rotatable bonds is 2. The molecule has 0 spiro atoms. The summed E-state index contributed by atoms with van der Waals surface area (Å²) >= 11 is 0. The predicted octanol–water partition coefficient (Wildman–Crippen LogP) is 0.693. The molecule has 0 heterocycles. The number of nitriles is 1. The maximum atomic E-state index is 8.29. The third kappa shape index (κ3) is 4.82. The molecule has 0 saturated carbocycles. The molecule has 0 aliphatic heterocycles. The molecule has 1 unspecified atom stereocenters. The first-order valence-corrected chi connectivity index (χ1v) is 2.78. The van der Waals surface area contributed by atoms with Gasteiger partial charge in [0.1, 0.15) is 0 Å². The molecule has 0 aliphatic carbocycles. The van der Waals surface area contributed by atoms with Gasteiger partial charge in [0.25, 0.3) is 0 Å². The first-order valence-electron chi connectivity index (χ1n) is 2.78. The molecule has 0 aromatic carbocycles. The fourth-order valence-electron chi connectivity index (χ4n) is 0.267. The molecule has 0 bridgehead atoms. The normalized spacial score (nSPS) is 13.1. The van der Waals surface area contributed by atoms with Crippen LogP contribution in [0.3, 0.4) is 0 Å². The standard InChI is InChI=1S/C6H11N3/c1-6(4-7)5-8-9(2)3/h5-6H,1-3H3. The monoisotopic (exact) mass is 125 g/mol. The van der Waals surface area contributed by atoms with Gasteiger partial charge in [-0.2, -0.15) is 10.4 Å². The third-order valence-electron chi connectivity index (χ3n) is 0.725. The zero-order valence-corrected chi connectivity index (χ0v) is 6.00. The predicted molar refractivity (Wildman–Crippen MR) is 37.0 cm³/mol. The van der Waals surface area contributed by atoms with Gasteiger partial charge in [0.05, 0.1) is 12.0 Å². The summed E-state index contributed by atoms with van der Waals surface area (Å²) in [6.07, 6.45) is 1.61. The first-order chi connectivity index (χ1) is 4.16. The van der Waals surface area contributed by atoms with Crippen molar-refractivity contribution in [3.05, 3.63) is 0 Å². The quantitative estimate of drug-likeness (QED) is 0.402. The smallest absolute Gasteiger partial charge is 0.0805 e. The summed E-state index contributed by atoms with van der Waals surface area (Å²) in [7, 11) is 3.64. The molecule has 1 atom stereocenters.